The third kappa shape index (κ3) is 4.08. The predicted molar refractivity (Wildman–Crippen MR) is 103 cm³/mol. The molecule has 7 heteroatoms. The molecule has 0 unspecified atom stereocenters. The van der Waals surface area contributed by atoms with Gasteiger partial charge in [0.05, 0.1) is 0 Å². The van der Waals surface area contributed by atoms with E-state index in [0.29, 0.717) is 26.2 Å². The molecule has 2 heterocycles. The number of aliphatic carboxylic acids is 1. The van der Waals surface area contributed by atoms with E-state index in [4.69, 9.17) is 4.74 Å². The summed E-state index contributed by atoms with van der Waals surface area (Å²) in [5.41, 5.74) is 2.05. The normalized spacial score (nSPS) is 17.1. The van der Waals surface area contributed by atoms with Crippen LogP contribution in [0.3, 0.4) is 0 Å². The summed E-state index contributed by atoms with van der Waals surface area (Å²) in [6, 6.07) is 6.99. The molecule has 1 aromatic heterocycles. The van der Waals surface area contributed by atoms with Gasteiger partial charge in [-0.3, -0.25) is 9.69 Å². The van der Waals surface area contributed by atoms with Gasteiger partial charge in [-0.1, -0.05) is 18.2 Å². The van der Waals surface area contributed by atoms with Gasteiger partial charge in [0.1, 0.15) is 11.6 Å². The summed E-state index contributed by atoms with van der Waals surface area (Å²) in [5, 5.41) is 10.9. The largest absolute Gasteiger partial charge is 0.480 e. The van der Waals surface area contributed by atoms with Crippen LogP contribution in [0, 0.1) is 6.92 Å². The summed E-state index contributed by atoms with van der Waals surface area (Å²) >= 11 is 0. The summed E-state index contributed by atoms with van der Waals surface area (Å²) < 4.78 is 5.42. The first-order chi connectivity index (χ1) is 12.7. The lowest BCUT2D eigenvalue weighted by Crippen LogP contribution is -2.52. The second-order valence-electron chi connectivity index (χ2n) is 7.95. The highest BCUT2D eigenvalue weighted by Gasteiger charge is 2.35. The SMILES string of the molecule is Cc1[nH]c2ccccc2c1[C@H](C(=O)O)N1CCN(C(=O)OC(C)(C)C)CC1. The zero-order valence-electron chi connectivity index (χ0n) is 16.3. The molecule has 1 amide bonds. The number of aromatic amines is 1. The minimum atomic E-state index is -0.881. The number of piperazine rings is 1. The van der Waals surface area contributed by atoms with Crippen molar-refractivity contribution in [2.45, 2.75) is 39.3 Å². The molecule has 1 aliphatic heterocycles. The van der Waals surface area contributed by atoms with Gasteiger partial charge in [0.25, 0.3) is 0 Å². The number of fused-ring (bicyclic) bond motifs is 1. The fraction of sp³-hybridized carbons (Fsp3) is 0.500. The maximum absolute atomic E-state index is 12.2. The third-order valence-corrected chi connectivity index (χ3v) is 4.78. The zero-order valence-corrected chi connectivity index (χ0v) is 16.3. The summed E-state index contributed by atoms with van der Waals surface area (Å²) in [4.78, 5) is 31.2. The lowest BCUT2D eigenvalue weighted by molar-refractivity contribution is -0.144. The van der Waals surface area contributed by atoms with Crippen molar-refractivity contribution in [3.05, 3.63) is 35.5 Å². The fourth-order valence-electron chi connectivity index (χ4n) is 3.60. The lowest BCUT2D eigenvalue weighted by atomic mass is 10.0. The van der Waals surface area contributed by atoms with Crippen LogP contribution in [0.15, 0.2) is 24.3 Å². The molecule has 0 radical (unpaired) electrons. The van der Waals surface area contributed by atoms with E-state index in [-0.39, 0.29) is 6.09 Å². The van der Waals surface area contributed by atoms with Crippen molar-refractivity contribution in [1.82, 2.24) is 14.8 Å². The standard InChI is InChI=1S/C20H27N3O4/c1-13-16(14-7-5-6-8-15(14)21-13)17(18(24)25)22-9-11-23(12-10-22)19(26)27-20(2,3)4/h5-8,17,21H,9-12H2,1-4H3,(H,24,25)/t17-/m1/s1. The second-order valence-corrected chi connectivity index (χ2v) is 7.95. The van der Waals surface area contributed by atoms with Gasteiger partial charge in [-0.05, 0) is 33.8 Å². The number of rotatable bonds is 3. The van der Waals surface area contributed by atoms with E-state index < -0.39 is 17.6 Å². The number of ether oxygens (including phenoxy) is 1. The number of H-pyrrole nitrogens is 1. The first-order valence-corrected chi connectivity index (χ1v) is 9.19. The van der Waals surface area contributed by atoms with Crippen LogP contribution in [0.1, 0.15) is 38.1 Å². The molecule has 0 bridgehead atoms. The Balaban J connectivity index is 1.79. The number of para-hydroxylation sites is 1. The highest BCUT2D eigenvalue weighted by atomic mass is 16.6. The van der Waals surface area contributed by atoms with Crippen molar-refractivity contribution < 1.29 is 19.4 Å². The van der Waals surface area contributed by atoms with Crippen molar-refractivity contribution >= 4 is 23.0 Å². The Hall–Kier alpha value is -2.54. The average molecular weight is 373 g/mol. The maximum atomic E-state index is 12.2. The minimum absolute atomic E-state index is 0.350. The number of carboxylic acid groups (broad SMARTS) is 1. The number of nitrogens with one attached hydrogen (secondary N) is 1. The molecule has 0 saturated carbocycles. The van der Waals surface area contributed by atoms with E-state index in [2.05, 4.69) is 4.98 Å². The summed E-state index contributed by atoms with van der Waals surface area (Å²) in [7, 11) is 0. The molecular weight excluding hydrogens is 346 g/mol. The van der Waals surface area contributed by atoms with Crippen LogP contribution in [0.25, 0.3) is 10.9 Å². The van der Waals surface area contributed by atoms with E-state index in [9.17, 15) is 14.7 Å². The molecule has 3 rings (SSSR count). The Bertz CT molecular complexity index is 845. The molecule has 0 aliphatic carbocycles. The second kappa shape index (κ2) is 7.23. The molecule has 27 heavy (non-hydrogen) atoms. The number of hydrogen-bond donors (Lipinski definition) is 2. The summed E-state index contributed by atoms with van der Waals surface area (Å²) in [6.45, 7) is 9.26. The van der Waals surface area contributed by atoms with Crippen LogP contribution < -0.4 is 0 Å². The van der Waals surface area contributed by atoms with E-state index in [1.54, 1.807) is 4.90 Å². The topological polar surface area (TPSA) is 85.9 Å². The van der Waals surface area contributed by atoms with Crippen LogP contribution in [-0.2, 0) is 9.53 Å². The number of carboxylic acids is 1. The van der Waals surface area contributed by atoms with Gasteiger partial charge in [-0.2, -0.15) is 0 Å². The van der Waals surface area contributed by atoms with Crippen molar-refractivity contribution in [3.63, 3.8) is 0 Å². The van der Waals surface area contributed by atoms with Gasteiger partial charge in [0.15, 0.2) is 0 Å². The molecule has 7 nitrogen and oxygen atoms in total. The van der Waals surface area contributed by atoms with Gasteiger partial charge in [-0.25, -0.2) is 4.79 Å². The van der Waals surface area contributed by atoms with E-state index in [1.165, 1.54) is 0 Å². The van der Waals surface area contributed by atoms with E-state index in [0.717, 1.165) is 22.2 Å². The Morgan fingerprint density at radius 1 is 1.15 bits per heavy atom. The number of aryl methyl sites for hydroxylation is 1. The Morgan fingerprint density at radius 3 is 2.37 bits per heavy atom. The van der Waals surface area contributed by atoms with Crippen LogP contribution in [-0.4, -0.2) is 63.7 Å². The summed E-state index contributed by atoms with van der Waals surface area (Å²) in [6.07, 6.45) is -0.350. The highest BCUT2D eigenvalue weighted by Crippen LogP contribution is 2.32. The Kier molecular flexibility index (Phi) is 5.15. The number of hydrogen-bond acceptors (Lipinski definition) is 4. The molecule has 0 spiro atoms. The van der Waals surface area contributed by atoms with Gasteiger partial charge in [-0.15, -0.1) is 0 Å². The zero-order chi connectivity index (χ0) is 19.8. The smallest absolute Gasteiger partial charge is 0.410 e. The first kappa shape index (κ1) is 19.2. The third-order valence-electron chi connectivity index (χ3n) is 4.78. The van der Waals surface area contributed by atoms with E-state index >= 15 is 0 Å². The van der Waals surface area contributed by atoms with Crippen molar-refractivity contribution in [2.75, 3.05) is 26.2 Å². The molecule has 2 N–H and O–H groups in total. The van der Waals surface area contributed by atoms with Gasteiger partial charge in [0, 0.05) is 48.3 Å². The maximum Gasteiger partial charge on any atom is 0.410 e. The van der Waals surface area contributed by atoms with Gasteiger partial charge < -0.3 is 19.7 Å². The predicted octanol–water partition coefficient (Wildman–Crippen LogP) is 3.15. The van der Waals surface area contributed by atoms with Gasteiger partial charge in [0.2, 0.25) is 0 Å². The quantitative estimate of drug-likeness (QED) is 0.863. The molecule has 1 aromatic carbocycles. The molecule has 146 valence electrons. The van der Waals surface area contributed by atoms with Gasteiger partial charge >= 0.3 is 12.1 Å². The molecule has 1 atom stereocenters. The monoisotopic (exact) mass is 373 g/mol. The van der Waals surface area contributed by atoms with Crippen molar-refractivity contribution in [2.24, 2.45) is 0 Å². The fourth-order valence-corrected chi connectivity index (χ4v) is 3.60. The number of amides is 1. The summed E-state index contributed by atoms with van der Waals surface area (Å²) in [5.74, 6) is -0.881. The van der Waals surface area contributed by atoms with Crippen LogP contribution in [0.4, 0.5) is 4.79 Å². The lowest BCUT2D eigenvalue weighted by Gasteiger charge is -2.38. The Labute approximate surface area is 158 Å². The average Bonchev–Trinajstić information content (AvgIpc) is 2.90. The Morgan fingerprint density at radius 2 is 1.78 bits per heavy atom. The van der Waals surface area contributed by atoms with E-state index in [1.807, 2.05) is 56.9 Å². The van der Waals surface area contributed by atoms with Crippen LogP contribution >= 0.6 is 0 Å². The molecule has 1 aliphatic rings. The molecule has 1 fully saturated rings. The number of carbonyl (C=O) groups is 2. The molecule has 2 aromatic rings. The van der Waals surface area contributed by atoms with Crippen LogP contribution in [0.5, 0.6) is 0 Å². The number of nitrogens with zero attached hydrogens (tertiary/aromatic N) is 2. The first-order valence-electron chi connectivity index (χ1n) is 9.19. The van der Waals surface area contributed by atoms with Crippen molar-refractivity contribution in [3.8, 4) is 0 Å². The highest BCUT2D eigenvalue weighted by molar-refractivity contribution is 5.90. The number of benzene rings is 1. The minimum Gasteiger partial charge on any atom is -0.480 e. The van der Waals surface area contributed by atoms with Crippen molar-refractivity contribution in [1.29, 1.82) is 0 Å². The number of carbonyl (C=O) groups excluding carboxylic acids is 1. The molecular formula is C20H27N3O4. The molecule has 1 saturated heterocycles. The number of aromatic nitrogens is 1. The van der Waals surface area contributed by atoms with Crippen LogP contribution in [0.2, 0.25) is 0 Å².